The van der Waals surface area contributed by atoms with Crippen LogP contribution in [0.15, 0.2) is 24.3 Å². The Balaban J connectivity index is 1.23. The van der Waals surface area contributed by atoms with Gasteiger partial charge in [-0.25, -0.2) is 0 Å². The van der Waals surface area contributed by atoms with E-state index < -0.39 is 0 Å². The highest BCUT2D eigenvalue weighted by atomic mass is 32.1. The third-order valence-electron chi connectivity index (χ3n) is 8.11. The zero-order valence-electron chi connectivity index (χ0n) is 18.1. The van der Waals surface area contributed by atoms with E-state index >= 15 is 0 Å². The fourth-order valence-corrected chi connectivity index (χ4v) is 7.28. The Morgan fingerprint density at radius 1 is 0.903 bits per heavy atom. The normalized spacial score (nSPS) is 31.8. The van der Waals surface area contributed by atoms with E-state index in [4.69, 9.17) is 12.2 Å². The predicted molar refractivity (Wildman–Crippen MR) is 126 cm³/mol. The van der Waals surface area contributed by atoms with Crippen LogP contribution in [0.1, 0.15) is 81.0 Å². The molecule has 5 aliphatic rings. The zero-order valence-corrected chi connectivity index (χ0v) is 18.9. The Bertz CT molecular complexity index is 842. The standard InChI is InChI=1S/C25H33N3O2S/c29-22(26-19-6-2-1-3-7-19)20-8-4-5-9-21(20)27-24(31)28-23(30)25-13-16-10-17(14-25)12-18(11-16)15-25/h4-5,8-9,16-19H,1-3,6-7,10-15H2,(H,26,29)(H2,27,28,30,31). The van der Waals surface area contributed by atoms with Crippen molar-refractivity contribution in [2.75, 3.05) is 5.32 Å². The number of amides is 2. The highest BCUT2D eigenvalue weighted by Gasteiger charge is 2.54. The summed E-state index contributed by atoms with van der Waals surface area (Å²) in [6, 6.07) is 7.64. The highest BCUT2D eigenvalue weighted by molar-refractivity contribution is 7.80. The van der Waals surface area contributed by atoms with Crippen molar-refractivity contribution in [1.29, 1.82) is 0 Å². The zero-order chi connectivity index (χ0) is 21.4. The third-order valence-corrected chi connectivity index (χ3v) is 8.31. The number of carbonyl (C=O) groups is 2. The van der Waals surface area contributed by atoms with E-state index in [-0.39, 0.29) is 23.3 Å². The molecule has 0 radical (unpaired) electrons. The maximum Gasteiger partial charge on any atom is 0.253 e. The van der Waals surface area contributed by atoms with E-state index in [1.165, 1.54) is 38.5 Å². The van der Waals surface area contributed by atoms with Gasteiger partial charge in [0.1, 0.15) is 0 Å². The lowest BCUT2D eigenvalue weighted by Gasteiger charge is -2.55. The van der Waals surface area contributed by atoms with Crippen LogP contribution < -0.4 is 16.0 Å². The first-order valence-corrected chi connectivity index (χ1v) is 12.4. The van der Waals surface area contributed by atoms with E-state index in [0.717, 1.165) is 32.1 Å². The van der Waals surface area contributed by atoms with E-state index in [2.05, 4.69) is 16.0 Å². The van der Waals surface area contributed by atoms with Gasteiger partial charge < -0.3 is 16.0 Å². The number of para-hydroxylation sites is 1. The highest BCUT2D eigenvalue weighted by Crippen LogP contribution is 2.60. The van der Waals surface area contributed by atoms with Gasteiger partial charge in [-0.15, -0.1) is 0 Å². The Morgan fingerprint density at radius 2 is 1.52 bits per heavy atom. The maximum atomic E-state index is 13.3. The molecule has 1 aromatic carbocycles. The number of thiocarbonyl (C=S) groups is 1. The number of benzene rings is 1. The molecule has 166 valence electrons. The van der Waals surface area contributed by atoms with Gasteiger partial charge in [-0.05, 0) is 93.5 Å². The molecule has 0 saturated heterocycles. The number of rotatable bonds is 4. The summed E-state index contributed by atoms with van der Waals surface area (Å²) < 4.78 is 0. The summed E-state index contributed by atoms with van der Waals surface area (Å²) in [6.45, 7) is 0. The second-order valence-corrected chi connectivity index (χ2v) is 10.9. The van der Waals surface area contributed by atoms with Crippen LogP contribution in [0.25, 0.3) is 0 Å². The Hall–Kier alpha value is -1.95. The van der Waals surface area contributed by atoms with E-state index in [1.54, 1.807) is 0 Å². The molecule has 5 saturated carbocycles. The fraction of sp³-hybridized carbons (Fsp3) is 0.640. The first-order valence-electron chi connectivity index (χ1n) is 12.0. The molecular weight excluding hydrogens is 406 g/mol. The number of hydrogen-bond donors (Lipinski definition) is 3. The lowest BCUT2D eigenvalue weighted by molar-refractivity contribution is -0.144. The van der Waals surface area contributed by atoms with Crippen molar-refractivity contribution in [3.63, 3.8) is 0 Å². The van der Waals surface area contributed by atoms with Crippen molar-refractivity contribution < 1.29 is 9.59 Å². The third kappa shape index (κ3) is 4.36. The number of anilines is 1. The molecule has 3 N–H and O–H groups in total. The molecule has 0 aliphatic heterocycles. The van der Waals surface area contributed by atoms with Crippen LogP contribution in [0.5, 0.6) is 0 Å². The molecule has 6 heteroatoms. The van der Waals surface area contributed by atoms with Crippen molar-refractivity contribution in [2.24, 2.45) is 23.2 Å². The lowest BCUT2D eigenvalue weighted by Crippen LogP contribution is -2.55. The van der Waals surface area contributed by atoms with Gasteiger partial charge in [0, 0.05) is 6.04 Å². The molecule has 0 unspecified atom stereocenters. The van der Waals surface area contributed by atoms with Crippen LogP contribution in [0.2, 0.25) is 0 Å². The van der Waals surface area contributed by atoms with Crippen molar-refractivity contribution in [3.05, 3.63) is 29.8 Å². The maximum absolute atomic E-state index is 13.3. The Morgan fingerprint density at radius 3 is 2.16 bits per heavy atom. The van der Waals surface area contributed by atoms with Crippen LogP contribution in [0, 0.1) is 23.2 Å². The van der Waals surface area contributed by atoms with Gasteiger partial charge in [-0.1, -0.05) is 31.4 Å². The van der Waals surface area contributed by atoms with Gasteiger partial charge in [-0.3, -0.25) is 9.59 Å². The van der Waals surface area contributed by atoms with Crippen molar-refractivity contribution >= 4 is 34.8 Å². The summed E-state index contributed by atoms with van der Waals surface area (Å²) in [4.78, 5) is 26.1. The molecule has 0 aromatic heterocycles. The topological polar surface area (TPSA) is 70.2 Å². The van der Waals surface area contributed by atoms with Gasteiger partial charge in [0.2, 0.25) is 5.91 Å². The average Bonchev–Trinajstić information content (AvgIpc) is 2.74. The second kappa shape index (κ2) is 8.53. The molecule has 1 aromatic rings. The van der Waals surface area contributed by atoms with Gasteiger partial charge in [0.25, 0.3) is 5.91 Å². The Labute approximate surface area is 190 Å². The molecule has 0 spiro atoms. The van der Waals surface area contributed by atoms with E-state index in [0.29, 0.717) is 34.1 Å². The molecule has 2 amide bonds. The first-order chi connectivity index (χ1) is 15.0. The second-order valence-electron chi connectivity index (χ2n) is 10.5. The van der Waals surface area contributed by atoms with Crippen LogP contribution >= 0.6 is 12.2 Å². The fourth-order valence-electron chi connectivity index (χ4n) is 7.08. The number of nitrogens with one attached hydrogen (secondary N) is 3. The quantitative estimate of drug-likeness (QED) is 0.591. The summed E-state index contributed by atoms with van der Waals surface area (Å²) in [5.74, 6) is 2.13. The van der Waals surface area contributed by atoms with Crippen molar-refractivity contribution in [3.8, 4) is 0 Å². The molecule has 6 rings (SSSR count). The predicted octanol–water partition coefficient (Wildman–Crippen LogP) is 4.78. The van der Waals surface area contributed by atoms with Crippen molar-refractivity contribution in [2.45, 2.75) is 76.7 Å². The average molecular weight is 440 g/mol. The van der Waals surface area contributed by atoms with Gasteiger partial charge in [0.05, 0.1) is 16.7 Å². The summed E-state index contributed by atoms with van der Waals surface area (Å²) in [7, 11) is 0. The SMILES string of the molecule is O=C(NC1CCCCC1)c1ccccc1NC(=S)NC(=O)C12CC3CC(CC(C3)C1)C2. The molecule has 31 heavy (non-hydrogen) atoms. The van der Waals surface area contributed by atoms with Crippen molar-refractivity contribution in [1.82, 2.24) is 10.6 Å². The van der Waals surface area contributed by atoms with Gasteiger partial charge >= 0.3 is 0 Å². The summed E-state index contributed by atoms with van der Waals surface area (Å²) >= 11 is 5.50. The number of hydrogen-bond acceptors (Lipinski definition) is 3. The molecule has 5 fully saturated rings. The van der Waals surface area contributed by atoms with Gasteiger partial charge in [-0.2, -0.15) is 0 Å². The molecule has 4 bridgehead atoms. The minimum absolute atomic E-state index is 0.0771. The van der Waals surface area contributed by atoms with Crippen LogP contribution in [0.4, 0.5) is 5.69 Å². The number of carbonyl (C=O) groups excluding carboxylic acids is 2. The molecule has 0 atom stereocenters. The molecule has 5 nitrogen and oxygen atoms in total. The van der Waals surface area contributed by atoms with Gasteiger partial charge in [0.15, 0.2) is 5.11 Å². The Kier molecular flexibility index (Phi) is 5.76. The first kappa shape index (κ1) is 20.9. The lowest BCUT2D eigenvalue weighted by atomic mass is 9.49. The van der Waals surface area contributed by atoms with Crippen LogP contribution in [-0.4, -0.2) is 23.0 Å². The molecule has 0 heterocycles. The summed E-state index contributed by atoms with van der Waals surface area (Å²) in [5.41, 5.74) is 0.976. The molecule has 5 aliphatic carbocycles. The van der Waals surface area contributed by atoms with Crippen LogP contribution in [-0.2, 0) is 4.79 Å². The monoisotopic (exact) mass is 439 g/mol. The summed E-state index contributed by atoms with van der Waals surface area (Å²) in [6.07, 6.45) is 12.6. The minimum Gasteiger partial charge on any atom is -0.349 e. The van der Waals surface area contributed by atoms with E-state index in [9.17, 15) is 9.59 Å². The van der Waals surface area contributed by atoms with E-state index in [1.807, 2.05) is 24.3 Å². The summed E-state index contributed by atoms with van der Waals surface area (Å²) in [5, 5.41) is 9.57. The minimum atomic E-state index is -0.238. The largest absolute Gasteiger partial charge is 0.349 e. The van der Waals surface area contributed by atoms with Crippen LogP contribution in [0.3, 0.4) is 0 Å². The smallest absolute Gasteiger partial charge is 0.253 e. The molecular formula is C25H33N3O2S.